The molecule has 5 heteroatoms. The van der Waals surface area contributed by atoms with Crippen LogP contribution in [0.2, 0.25) is 0 Å². The molecule has 0 fully saturated rings. The van der Waals surface area contributed by atoms with Crippen molar-refractivity contribution in [1.29, 1.82) is 0 Å². The molecule has 2 rings (SSSR count). The Bertz CT molecular complexity index is 602. The van der Waals surface area contributed by atoms with Gasteiger partial charge in [0.05, 0.1) is 4.88 Å². The lowest BCUT2D eigenvalue weighted by atomic mass is 10.2. The predicted molar refractivity (Wildman–Crippen MR) is 72.7 cm³/mol. The van der Waals surface area contributed by atoms with Crippen molar-refractivity contribution in [2.24, 2.45) is 0 Å². The van der Waals surface area contributed by atoms with E-state index in [4.69, 9.17) is 0 Å². The van der Waals surface area contributed by atoms with Gasteiger partial charge in [-0.05, 0) is 37.1 Å². The SMILES string of the molecule is CCc1cc(C(=O)Nc2c(F)cccc2F)sc1C. The first-order valence-electron chi connectivity index (χ1n) is 5.87. The molecule has 0 atom stereocenters. The second-order valence-corrected chi connectivity index (χ2v) is 5.35. The summed E-state index contributed by atoms with van der Waals surface area (Å²) in [4.78, 5) is 13.5. The minimum Gasteiger partial charge on any atom is -0.316 e. The normalized spacial score (nSPS) is 10.5. The zero-order valence-electron chi connectivity index (χ0n) is 10.6. The second kappa shape index (κ2) is 5.48. The highest BCUT2D eigenvalue weighted by molar-refractivity contribution is 7.14. The van der Waals surface area contributed by atoms with E-state index in [2.05, 4.69) is 5.32 Å². The summed E-state index contributed by atoms with van der Waals surface area (Å²) in [5, 5.41) is 2.28. The third-order valence-corrected chi connectivity index (χ3v) is 3.92. The van der Waals surface area contributed by atoms with Gasteiger partial charge in [0.15, 0.2) is 0 Å². The van der Waals surface area contributed by atoms with Crippen LogP contribution in [0.25, 0.3) is 0 Å². The van der Waals surface area contributed by atoms with Gasteiger partial charge in [0.25, 0.3) is 5.91 Å². The third-order valence-electron chi connectivity index (χ3n) is 2.83. The maximum absolute atomic E-state index is 13.4. The highest BCUT2D eigenvalue weighted by Crippen LogP contribution is 2.24. The van der Waals surface area contributed by atoms with E-state index in [1.807, 2.05) is 13.8 Å². The summed E-state index contributed by atoms with van der Waals surface area (Å²) in [5.41, 5.74) is 0.667. The molecule has 19 heavy (non-hydrogen) atoms. The fourth-order valence-electron chi connectivity index (χ4n) is 1.78. The van der Waals surface area contributed by atoms with Crippen LogP contribution in [0.4, 0.5) is 14.5 Å². The van der Waals surface area contributed by atoms with Gasteiger partial charge >= 0.3 is 0 Å². The van der Waals surface area contributed by atoms with Gasteiger partial charge in [-0.15, -0.1) is 11.3 Å². The van der Waals surface area contributed by atoms with Gasteiger partial charge in [0.1, 0.15) is 17.3 Å². The Morgan fingerprint density at radius 2 is 1.95 bits per heavy atom. The summed E-state index contributed by atoms with van der Waals surface area (Å²) in [6, 6.07) is 5.23. The number of amides is 1. The van der Waals surface area contributed by atoms with Gasteiger partial charge < -0.3 is 5.32 Å². The van der Waals surface area contributed by atoms with Crippen molar-refractivity contribution in [3.05, 3.63) is 51.2 Å². The van der Waals surface area contributed by atoms with Crippen LogP contribution in [0, 0.1) is 18.6 Å². The number of thiophene rings is 1. The van der Waals surface area contributed by atoms with Crippen molar-refractivity contribution >= 4 is 22.9 Å². The zero-order valence-corrected chi connectivity index (χ0v) is 11.4. The number of carbonyl (C=O) groups is 1. The average molecular weight is 281 g/mol. The van der Waals surface area contributed by atoms with Crippen LogP contribution in [0.3, 0.4) is 0 Å². The van der Waals surface area contributed by atoms with Crippen LogP contribution in [0.5, 0.6) is 0 Å². The molecule has 100 valence electrons. The molecule has 0 radical (unpaired) electrons. The summed E-state index contributed by atoms with van der Waals surface area (Å²) >= 11 is 1.32. The van der Waals surface area contributed by atoms with Gasteiger partial charge in [-0.1, -0.05) is 13.0 Å². The maximum Gasteiger partial charge on any atom is 0.265 e. The molecule has 0 aliphatic carbocycles. The maximum atomic E-state index is 13.4. The van der Waals surface area contributed by atoms with Gasteiger partial charge in [0.2, 0.25) is 0 Å². The van der Waals surface area contributed by atoms with E-state index in [0.717, 1.165) is 29.0 Å². The van der Waals surface area contributed by atoms with Crippen LogP contribution < -0.4 is 5.32 Å². The van der Waals surface area contributed by atoms with E-state index in [1.165, 1.54) is 17.4 Å². The van der Waals surface area contributed by atoms with E-state index in [0.29, 0.717) is 4.88 Å². The van der Waals surface area contributed by atoms with E-state index in [9.17, 15) is 13.6 Å². The molecule has 1 aromatic heterocycles. The Balaban J connectivity index is 2.25. The number of carbonyl (C=O) groups excluding carboxylic acids is 1. The number of hydrogen-bond donors (Lipinski definition) is 1. The first-order valence-corrected chi connectivity index (χ1v) is 6.69. The minimum atomic E-state index is -0.780. The zero-order chi connectivity index (χ0) is 14.0. The number of halogens is 2. The monoisotopic (exact) mass is 281 g/mol. The molecule has 1 aromatic carbocycles. The molecule has 0 spiro atoms. The van der Waals surface area contributed by atoms with Crippen LogP contribution >= 0.6 is 11.3 Å². The standard InChI is InChI=1S/C14H13F2NOS/c1-3-9-7-12(19-8(9)2)14(18)17-13-10(15)5-4-6-11(13)16/h4-7H,3H2,1-2H3,(H,17,18). The van der Waals surface area contributed by atoms with Crippen LogP contribution in [-0.4, -0.2) is 5.91 Å². The van der Waals surface area contributed by atoms with Crippen molar-refractivity contribution in [2.45, 2.75) is 20.3 Å². The molecule has 0 unspecified atom stereocenters. The number of aryl methyl sites for hydroxylation is 2. The Kier molecular flexibility index (Phi) is 3.95. The molecular formula is C14H13F2NOS. The molecular weight excluding hydrogens is 268 g/mol. The van der Waals surface area contributed by atoms with E-state index >= 15 is 0 Å². The summed E-state index contributed by atoms with van der Waals surface area (Å²) in [7, 11) is 0. The average Bonchev–Trinajstić information content (AvgIpc) is 2.75. The highest BCUT2D eigenvalue weighted by atomic mass is 32.1. The largest absolute Gasteiger partial charge is 0.316 e. The summed E-state index contributed by atoms with van der Waals surface area (Å²) in [6.45, 7) is 3.91. The molecule has 2 nitrogen and oxygen atoms in total. The molecule has 1 amide bonds. The summed E-state index contributed by atoms with van der Waals surface area (Å²) in [6.07, 6.45) is 0.823. The smallest absolute Gasteiger partial charge is 0.265 e. The number of anilines is 1. The lowest BCUT2D eigenvalue weighted by molar-refractivity contribution is 0.102. The molecule has 2 aromatic rings. The van der Waals surface area contributed by atoms with Crippen molar-refractivity contribution in [2.75, 3.05) is 5.32 Å². The summed E-state index contributed by atoms with van der Waals surface area (Å²) < 4.78 is 26.9. The van der Waals surface area contributed by atoms with Gasteiger partial charge in [-0.25, -0.2) is 8.78 Å². The van der Waals surface area contributed by atoms with Crippen LogP contribution in [0.15, 0.2) is 24.3 Å². The molecule has 0 bridgehead atoms. The number of benzene rings is 1. The fraction of sp³-hybridized carbons (Fsp3) is 0.214. The topological polar surface area (TPSA) is 29.1 Å². The third kappa shape index (κ3) is 2.81. The Morgan fingerprint density at radius 3 is 2.47 bits per heavy atom. The Hall–Kier alpha value is -1.75. The number of nitrogens with one attached hydrogen (secondary N) is 1. The summed E-state index contributed by atoms with van der Waals surface area (Å²) in [5.74, 6) is -2.05. The second-order valence-electron chi connectivity index (χ2n) is 4.10. The van der Waals surface area contributed by atoms with Crippen molar-refractivity contribution in [3.8, 4) is 0 Å². The Labute approximate surface area is 114 Å². The molecule has 0 saturated heterocycles. The van der Waals surface area contributed by atoms with E-state index < -0.39 is 23.2 Å². The van der Waals surface area contributed by atoms with Gasteiger partial charge in [-0.2, -0.15) is 0 Å². The molecule has 0 aliphatic heterocycles. The number of rotatable bonds is 3. The molecule has 1 heterocycles. The van der Waals surface area contributed by atoms with Crippen LogP contribution in [0.1, 0.15) is 27.0 Å². The van der Waals surface area contributed by atoms with Crippen molar-refractivity contribution in [1.82, 2.24) is 0 Å². The first-order chi connectivity index (χ1) is 9.02. The van der Waals surface area contributed by atoms with Gasteiger partial charge in [0, 0.05) is 4.88 Å². The molecule has 0 saturated carbocycles. The predicted octanol–water partition coefficient (Wildman–Crippen LogP) is 4.15. The number of hydrogen-bond acceptors (Lipinski definition) is 2. The Morgan fingerprint density at radius 1 is 1.32 bits per heavy atom. The molecule has 1 N–H and O–H groups in total. The number of para-hydroxylation sites is 1. The van der Waals surface area contributed by atoms with Crippen molar-refractivity contribution in [3.63, 3.8) is 0 Å². The van der Waals surface area contributed by atoms with E-state index in [-0.39, 0.29) is 0 Å². The lowest BCUT2D eigenvalue weighted by Crippen LogP contribution is -2.12. The lowest BCUT2D eigenvalue weighted by Gasteiger charge is -2.05. The van der Waals surface area contributed by atoms with Crippen molar-refractivity contribution < 1.29 is 13.6 Å². The quantitative estimate of drug-likeness (QED) is 0.899. The van der Waals surface area contributed by atoms with Gasteiger partial charge in [-0.3, -0.25) is 4.79 Å². The first kappa shape index (κ1) is 13.7. The van der Waals surface area contributed by atoms with Crippen LogP contribution in [-0.2, 0) is 6.42 Å². The fourth-order valence-corrected chi connectivity index (χ4v) is 2.78. The molecule has 0 aliphatic rings. The highest BCUT2D eigenvalue weighted by Gasteiger charge is 2.16. The minimum absolute atomic E-state index is 0.406. The van der Waals surface area contributed by atoms with E-state index in [1.54, 1.807) is 6.07 Å².